The van der Waals surface area contributed by atoms with E-state index in [-0.39, 0.29) is 31.3 Å². The van der Waals surface area contributed by atoms with Crippen LogP contribution in [-0.4, -0.2) is 39.6 Å². The number of halogens is 4. The summed E-state index contributed by atoms with van der Waals surface area (Å²) >= 11 is 0. The lowest BCUT2D eigenvalue weighted by atomic mass is 10.2. The zero-order valence-corrected chi connectivity index (χ0v) is 12.2. The molecule has 0 aliphatic rings. The topological polar surface area (TPSA) is 62.1 Å². The van der Waals surface area contributed by atoms with Crippen LogP contribution in [0.15, 0.2) is 18.2 Å². The molecule has 1 aromatic carbocycles. The van der Waals surface area contributed by atoms with Gasteiger partial charge in [-0.05, 0) is 29.0 Å². The molecule has 2 rings (SSSR count). The molecule has 126 valence electrons. The van der Waals surface area contributed by atoms with Crippen LogP contribution in [0.25, 0.3) is 0 Å². The van der Waals surface area contributed by atoms with Gasteiger partial charge in [-0.15, -0.1) is 5.10 Å². The van der Waals surface area contributed by atoms with Crippen LogP contribution in [0.5, 0.6) is 5.75 Å². The molecule has 0 aliphatic carbocycles. The van der Waals surface area contributed by atoms with E-state index in [9.17, 15) is 17.6 Å². The first-order valence-electron chi connectivity index (χ1n) is 6.64. The Morgan fingerprint density at radius 2 is 2.04 bits per heavy atom. The summed E-state index contributed by atoms with van der Waals surface area (Å²) in [6.45, 7) is -0.0409. The minimum absolute atomic E-state index is 0.0259. The fourth-order valence-corrected chi connectivity index (χ4v) is 1.71. The van der Waals surface area contributed by atoms with Crippen molar-refractivity contribution in [2.24, 2.45) is 0 Å². The first-order chi connectivity index (χ1) is 10.9. The van der Waals surface area contributed by atoms with E-state index < -0.39 is 18.6 Å². The summed E-state index contributed by atoms with van der Waals surface area (Å²) in [5.74, 6) is -0.186. The number of aryl methyl sites for hydroxylation is 1. The van der Waals surface area contributed by atoms with E-state index >= 15 is 0 Å². The fourth-order valence-electron chi connectivity index (χ4n) is 1.71. The van der Waals surface area contributed by atoms with Crippen LogP contribution in [0.4, 0.5) is 17.6 Å². The van der Waals surface area contributed by atoms with Crippen molar-refractivity contribution in [3.8, 4) is 5.75 Å². The van der Waals surface area contributed by atoms with E-state index in [4.69, 9.17) is 4.74 Å². The lowest BCUT2D eigenvalue weighted by molar-refractivity contribution is -0.174. The molecular weight excluding hydrogens is 320 g/mol. The first kappa shape index (κ1) is 17.1. The third-order valence-electron chi connectivity index (χ3n) is 2.83. The minimum atomic E-state index is -4.38. The van der Waals surface area contributed by atoms with Gasteiger partial charge in [0.2, 0.25) is 0 Å². The van der Waals surface area contributed by atoms with Crippen molar-refractivity contribution in [3.63, 3.8) is 0 Å². The normalized spacial score (nSPS) is 11.7. The molecule has 0 aliphatic heterocycles. The highest BCUT2D eigenvalue weighted by Gasteiger charge is 2.27. The molecule has 6 nitrogen and oxygen atoms in total. The number of aromatic nitrogens is 4. The Morgan fingerprint density at radius 3 is 2.78 bits per heavy atom. The molecule has 1 heterocycles. The molecule has 0 saturated carbocycles. The summed E-state index contributed by atoms with van der Waals surface area (Å²) < 4.78 is 60.7. The molecule has 0 spiro atoms. The second kappa shape index (κ2) is 7.36. The number of rotatable bonds is 7. The Labute approximate surface area is 129 Å². The average Bonchev–Trinajstić information content (AvgIpc) is 2.92. The molecule has 0 atom stereocenters. The van der Waals surface area contributed by atoms with Crippen LogP contribution in [0, 0.1) is 12.7 Å². The summed E-state index contributed by atoms with van der Waals surface area (Å²) in [5.41, 5.74) is 0.433. The zero-order valence-electron chi connectivity index (χ0n) is 12.2. The number of ether oxygens (including phenoxy) is 2. The Kier molecular flexibility index (Phi) is 5.48. The van der Waals surface area contributed by atoms with Crippen LogP contribution in [0.3, 0.4) is 0 Å². The number of nitrogens with zero attached hydrogens (tertiary/aromatic N) is 4. The summed E-state index contributed by atoms with van der Waals surface area (Å²) in [4.78, 5) is 0. The van der Waals surface area contributed by atoms with Gasteiger partial charge in [-0.1, -0.05) is 12.1 Å². The van der Waals surface area contributed by atoms with Crippen molar-refractivity contribution in [1.29, 1.82) is 0 Å². The molecule has 1 aromatic heterocycles. The lowest BCUT2D eigenvalue weighted by Gasteiger charge is -2.10. The standard InChI is InChI=1S/C13H14F4N4O2/c1-9-3-2-4-10(12(9)14)23-7-11-18-19-20-21(11)5-6-22-8-13(15,16)17/h2-4H,5-8H2,1H3. The van der Waals surface area contributed by atoms with Crippen LogP contribution in [0.1, 0.15) is 11.4 Å². The van der Waals surface area contributed by atoms with E-state index in [0.29, 0.717) is 5.56 Å². The smallest absolute Gasteiger partial charge is 0.411 e. The van der Waals surface area contributed by atoms with Gasteiger partial charge in [0, 0.05) is 0 Å². The predicted octanol–water partition coefficient (Wildman–Crippen LogP) is 2.28. The Balaban J connectivity index is 1.87. The van der Waals surface area contributed by atoms with E-state index in [1.54, 1.807) is 19.1 Å². The molecule has 0 bridgehead atoms. The van der Waals surface area contributed by atoms with Gasteiger partial charge in [0.15, 0.2) is 17.4 Å². The molecule has 2 aromatic rings. The second-order valence-corrected chi connectivity index (χ2v) is 4.66. The number of hydrogen-bond acceptors (Lipinski definition) is 5. The number of alkyl halides is 3. The van der Waals surface area contributed by atoms with Crippen molar-refractivity contribution in [1.82, 2.24) is 20.2 Å². The van der Waals surface area contributed by atoms with Crippen molar-refractivity contribution in [2.75, 3.05) is 13.2 Å². The quantitative estimate of drug-likeness (QED) is 0.574. The molecule has 0 radical (unpaired) electrons. The SMILES string of the molecule is Cc1cccc(OCc2nnnn2CCOCC(F)(F)F)c1F. The molecule has 10 heteroatoms. The van der Waals surface area contributed by atoms with E-state index in [2.05, 4.69) is 20.3 Å². The monoisotopic (exact) mass is 334 g/mol. The van der Waals surface area contributed by atoms with Crippen LogP contribution < -0.4 is 4.74 Å². The molecule has 23 heavy (non-hydrogen) atoms. The summed E-state index contributed by atoms with van der Waals surface area (Å²) in [5, 5.41) is 10.7. The van der Waals surface area contributed by atoms with Gasteiger partial charge in [0.05, 0.1) is 13.2 Å². The summed E-state index contributed by atoms with van der Waals surface area (Å²) in [7, 11) is 0. The maximum absolute atomic E-state index is 13.8. The molecule has 0 fully saturated rings. The molecule has 0 amide bonds. The maximum Gasteiger partial charge on any atom is 0.411 e. The fraction of sp³-hybridized carbons (Fsp3) is 0.462. The summed E-state index contributed by atoms with van der Waals surface area (Å²) in [6.07, 6.45) is -4.38. The second-order valence-electron chi connectivity index (χ2n) is 4.66. The Bertz CT molecular complexity index is 645. The van der Waals surface area contributed by atoms with Gasteiger partial charge >= 0.3 is 6.18 Å². The van der Waals surface area contributed by atoms with Gasteiger partial charge in [0.25, 0.3) is 0 Å². The highest BCUT2D eigenvalue weighted by atomic mass is 19.4. The van der Waals surface area contributed by atoms with Gasteiger partial charge < -0.3 is 9.47 Å². The minimum Gasteiger partial charge on any atom is -0.482 e. The third-order valence-corrected chi connectivity index (χ3v) is 2.83. The van der Waals surface area contributed by atoms with Crippen LogP contribution in [-0.2, 0) is 17.9 Å². The van der Waals surface area contributed by atoms with Gasteiger partial charge in [-0.2, -0.15) is 13.2 Å². The Hall–Kier alpha value is -2.23. The van der Waals surface area contributed by atoms with Crippen molar-refractivity contribution >= 4 is 0 Å². The largest absolute Gasteiger partial charge is 0.482 e. The maximum atomic E-state index is 13.8. The predicted molar refractivity (Wildman–Crippen MR) is 70.2 cm³/mol. The molecule has 0 unspecified atom stereocenters. The number of benzene rings is 1. The third kappa shape index (κ3) is 5.16. The lowest BCUT2D eigenvalue weighted by Crippen LogP contribution is -2.20. The molecular formula is C13H14F4N4O2. The van der Waals surface area contributed by atoms with E-state index in [1.165, 1.54) is 10.7 Å². The average molecular weight is 334 g/mol. The molecule has 0 saturated heterocycles. The Morgan fingerprint density at radius 1 is 1.26 bits per heavy atom. The van der Waals surface area contributed by atoms with Crippen LogP contribution in [0.2, 0.25) is 0 Å². The molecule has 0 N–H and O–H groups in total. The zero-order chi connectivity index (χ0) is 16.9. The van der Waals surface area contributed by atoms with E-state index in [0.717, 1.165) is 0 Å². The van der Waals surface area contributed by atoms with E-state index in [1.807, 2.05) is 0 Å². The first-order valence-corrected chi connectivity index (χ1v) is 6.64. The van der Waals surface area contributed by atoms with Crippen molar-refractivity contribution < 1.29 is 27.0 Å². The van der Waals surface area contributed by atoms with Crippen molar-refractivity contribution in [3.05, 3.63) is 35.4 Å². The van der Waals surface area contributed by atoms with Gasteiger partial charge in [-0.3, -0.25) is 0 Å². The van der Waals surface area contributed by atoms with Crippen LogP contribution >= 0.6 is 0 Å². The highest BCUT2D eigenvalue weighted by molar-refractivity contribution is 5.30. The van der Waals surface area contributed by atoms with Gasteiger partial charge in [-0.25, -0.2) is 9.07 Å². The van der Waals surface area contributed by atoms with Gasteiger partial charge in [0.1, 0.15) is 13.2 Å². The van der Waals surface area contributed by atoms with Crippen molar-refractivity contribution in [2.45, 2.75) is 26.3 Å². The summed E-state index contributed by atoms with van der Waals surface area (Å²) in [6, 6.07) is 4.70. The number of hydrogen-bond donors (Lipinski definition) is 0. The highest BCUT2D eigenvalue weighted by Crippen LogP contribution is 2.20. The number of tetrazole rings is 1.